The fourth-order valence-corrected chi connectivity index (χ4v) is 1.83. The Morgan fingerprint density at radius 2 is 2.26 bits per heavy atom. The van der Waals surface area contributed by atoms with Crippen LogP contribution in [0.5, 0.6) is 0 Å². The summed E-state index contributed by atoms with van der Waals surface area (Å²) < 4.78 is 0. The van der Waals surface area contributed by atoms with Crippen LogP contribution in [0.15, 0.2) is 18.3 Å². The molecule has 0 aliphatic carbocycles. The zero-order chi connectivity index (χ0) is 13.8. The molecule has 0 aromatic carbocycles. The van der Waals surface area contributed by atoms with E-state index in [0.29, 0.717) is 6.42 Å². The van der Waals surface area contributed by atoms with Gasteiger partial charge in [0.05, 0.1) is 0 Å². The van der Waals surface area contributed by atoms with Crippen LogP contribution in [0.1, 0.15) is 35.8 Å². The second-order valence-electron chi connectivity index (χ2n) is 4.38. The van der Waals surface area contributed by atoms with Crippen LogP contribution >= 0.6 is 0 Å². The van der Waals surface area contributed by atoms with E-state index in [-0.39, 0.29) is 18.0 Å². The van der Waals surface area contributed by atoms with Crippen molar-refractivity contribution < 1.29 is 14.4 Å². The minimum atomic E-state index is -0.669. The van der Waals surface area contributed by atoms with Crippen LogP contribution in [0.2, 0.25) is 0 Å². The average Bonchev–Trinajstić information content (AvgIpc) is 2.42. The highest BCUT2D eigenvalue weighted by atomic mass is 16.2. The van der Waals surface area contributed by atoms with E-state index < -0.39 is 17.9 Å². The van der Waals surface area contributed by atoms with Crippen molar-refractivity contribution in [1.82, 2.24) is 15.6 Å². The fraction of sp³-hybridized carbons (Fsp3) is 0.385. The van der Waals surface area contributed by atoms with E-state index in [9.17, 15) is 14.4 Å². The summed E-state index contributed by atoms with van der Waals surface area (Å²) >= 11 is 0. The minimum Gasteiger partial charge on any atom is -0.339 e. The molecule has 0 spiro atoms. The first-order valence-electron chi connectivity index (χ1n) is 6.19. The highest BCUT2D eigenvalue weighted by molar-refractivity contribution is 6.03. The van der Waals surface area contributed by atoms with Gasteiger partial charge in [-0.25, -0.2) is 0 Å². The van der Waals surface area contributed by atoms with E-state index in [1.165, 1.54) is 0 Å². The smallest absolute Gasteiger partial charge is 0.270 e. The quantitative estimate of drug-likeness (QED) is 0.760. The van der Waals surface area contributed by atoms with Crippen LogP contribution in [0.4, 0.5) is 0 Å². The fourth-order valence-electron chi connectivity index (χ4n) is 1.83. The van der Waals surface area contributed by atoms with Gasteiger partial charge in [0.25, 0.3) is 5.91 Å². The Labute approximate surface area is 110 Å². The van der Waals surface area contributed by atoms with Crippen molar-refractivity contribution in [2.75, 3.05) is 0 Å². The lowest BCUT2D eigenvalue weighted by atomic mass is 10.1. The maximum Gasteiger partial charge on any atom is 0.270 e. The molecular weight excluding hydrogens is 246 g/mol. The molecule has 2 N–H and O–H groups in total. The molecule has 1 aromatic rings. The second-order valence-corrected chi connectivity index (χ2v) is 4.38. The molecule has 0 bridgehead atoms. The number of aryl methyl sites for hydroxylation is 1. The van der Waals surface area contributed by atoms with Gasteiger partial charge in [0, 0.05) is 12.6 Å². The number of aromatic nitrogens is 1. The maximum atomic E-state index is 11.9. The molecule has 1 aliphatic heterocycles. The number of hydrogen-bond acceptors (Lipinski definition) is 4. The predicted molar refractivity (Wildman–Crippen MR) is 67.3 cm³/mol. The first-order valence-corrected chi connectivity index (χ1v) is 6.19. The molecule has 6 nitrogen and oxygen atoms in total. The number of imide groups is 1. The average molecular weight is 261 g/mol. The molecule has 0 radical (unpaired) electrons. The molecule has 2 heterocycles. The van der Waals surface area contributed by atoms with Gasteiger partial charge < -0.3 is 5.32 Å². The number of piperidine rings is 1. The molecule has 0 saturated carbocycles. The second kappa shape index (κ2) is 5.60. The van der Waals surface area contributed by atoms with E-state index in [1.807, 2.05) is 13.0 Å². The highest BCUT2D eigenvalue weighted by Gasteiger charge is 2.28. The first-order chi connectivity index (χ1) is 9.10. The number of nitrogens with one attached hydrogen (secondary N) is 2. The van der Waals surface area contributed by atoms with Crippen molar-refractivity contribution in [1.29, 1.82) is 0 Å². The van der Waals surface area contributed by atoms with Crippen LogP contribution in [0.3, 0.4) is 0 Å². The van der Waals surface area contributed by atoms with Crippen molar-refractivity contribution in [3.05, 3.63) is 29.6 Å². The highest BCUT2D eigenvalue weighted by Crippen LogP contribution is 2.06. The summed E-state index contributed by atoms with van der Waals surface area (Å²) in [6.07, 6.45) is 3.05. The van der Waals surface area contributed by atoms with Crippen LogP contribution < -0.4 is 10.6 Å². The van der Waals surface area contributed by atoms with Crippen molar-refractivity contribution in [3.8, 4) is 0 Å². The van der Waals surface area contributed by atoms with Gasteiger partial charge in [-0.1, -0.05) is 13.0 Å². The molecule has 1 fully saturated rings. The van der Waals surface area contributed by atoms with Crippen molar-refractivity contribution in [2.45, 2.75) is 32.2 Å². The van der Waals surface area contributed by atoms with E-state index in [4.69, 9.17) is 0 Å². The largest absolute Gasteiger partial charge is 0.339 e. The van der Waals surface area contributed by atoms with E-state index in [2.05, 4.69) is 15.6 Å². The molecule has 2 rings (SSSR count). The minimum absolute atomic E-state index is 0.235. The van der Waals surface area contributed by atoms with Gasteiger partial charge in [0.15, 0.2) is 0 Å². The summed E-state index contributed by atoms with van der Waals surface area (Å²) in [6.45, 7) is 2.00. The zero-order valence-corrected chi connectivity index (χ0v) is 10.6. The number of carbonyl (C=O) groups excluding carboxylic acids is 3. The molecule has 1 unspecified atom stereocenters. The maximum absolute atomic E-state index is 11.9. The van der Waals surface area contributed by atoms with Crippen molar-refractivity contribution in [3.63, 3.8) is 0 Å². The van der Waals surface area contributed by atoms with Gasteiger partial charge in [-0.3, -0.25) is 24.7 Å². The van der Waals surface area contributed by atoms with Gasteiger partial charge >= 0.3 is 0 Å². The monoisotopic (exact) mass is 261 g/mol. The van der Waals surface area contributed by atoms with Gasteiger partial charge in [-0.05, 0) is 24.5 Å². The van der Waals surface area contributed by atoms with Gasteiger partial charge in [0.1, 0.15) is 11.7 Å². The number of hydrogen-bond donors (Lipinski definition) is 2. The number of carbonyl (C=O) groups is 3. The van der Waals surface area contributed by atoms with E-state index >= 15 is 0 Å². The molecule has 1 saturated heterocycles. The van der Waals surface area contributed by atoms with Crippen LogP contribution in [0, 0.1) is 0 Å². The third kappa shape index (κ3) is 3.15. The third-order valence-corrected chi connectivity index (χ3v) is 3.01. The Kier molecular flexibility index (Phi) is 3.89. The number of nitrogens with zero attached hydrogens (tertiary/aromatic N) is 1. The summed E-state index contributed by atoms with van der Waals surface area (Å²) in [5.74, 6) is -1.17. The molecule has 100 valence electrons. The van der Waals surface area contributed by atoms with Gasteiger partial charge in [0.2, 0.25) is 11.8 Å². The van der Waals surface area contributed by atoms with E-state index in [0.717, 1.165) is 12.0 Å². The number of amides is 3. The molecule has 1 aromatic heterocycles. The summed E-state index contributed by atoms with van der Waals surface area (Å²) in [5.41, 5.74) is 1.31. The van der Waals surface area contributed by atoms with Crippen LogP contribution in [-0.4, -0.2) is 28.7 Å². The first kappa shape index (κ1) is 13.2. The molecule has 1 aliphatic rings. The standard InChI is InChI=1S/C13H15N3O3/c1-2-8-3-4-9(14-7-8)12(18)15-10-5-6-11(17)16-13(10)19/h3-4,7,10H,2,5-6H2,1H3,(H,15,18)(H,16,17,19). The Balaban J connectivity index is 2.00. The van der Waals surface area contributed by atoms with Gasteiger partial charge in [-0.2, -0.15) is 0 Å². The number of pyridine rings is 1. The Bertz CT molecular complexity index is 510. The summed E-state index contributed by atoms with van der Waals surface area (Å²) in [5, 5.41) is 4.77. The molecular formula is C13H15N3O3. The SMILES string of the molecule is CCc1ccc(C(=O)NC2CCC(=O)NC2=O)nc1. The summed E-state index contributed by atoms with van der Waals surface area (Å²) in [6, 6.07) is 2.78. The Hall–Kier alpha value is -2.24. The normalized spacial score (nSPS) is 18.9. The summed E-state index contributed by atoms with van der Waals surface area (Å²) in [4.78, 5) is 38.4. The topological polar surface area (TPSA) is 88.2 Å². The lowest BCUT2D eigenvalue weighted by Gasteiger charge is -2.21. The van der Waals surface area contributed by atoms with Crippen molar-refractivity contribution >= 4 is 17.7 Å². The Morgan fingerprint density at radius 1 is 1.47 bits per heavy atom. The third-order valence-electron chi connectivity index (χ3n) is 3.01. The van der Waals surface area contributed by atoms with Crippen LogP contribution in [-0.2, 0) is 16.0 Å². The lowest BCUT2D eigenvalue weighted by Crippen LogP contribution is -2.52. The Morgan fingerprint density at radius 3 is 2.84 bits per heavy atom. The van der Waals surface area contributed by atoms with Crippen molar-refractivity contribution in [2.24, 2.45) is 0 Å². The molecule has 19 heavy (non-hydrogen) atoms. The predicted octanol–water partition coefficient (Wildman–Crippen LogP) is 0.179. The summed E-state index contributed by atoms with van der Waals surface area (Å²) in [7, 11) is 0. The van der Waals surface area contributed by atoms with Gasteiger partial charge in [-0.15, -0.1) is 0 Å². The molecule has 3 amide bonds. The zero-order valence-electron chi connectivity index (χ0n) is 10.6. The van der Waals surface area contributed by atoms with E-state index in [1.54, 1.807) is 12.3 Å². The molecule has 6 heteroatoms. The lowest BCUT2D eigenvalue weighted by molar-refractivity contribution is -0.134. The molecule has 1 atom stereocenters. The number of rotatable bonds is 3. The van der Waals surface area contributed by atoms with Crippen LogP contribution in [0.25, 0.3) is 0 Å².